The SMILES string of the molecule is CCSc1nn(CC(C)C)c2nc3c(c(=O)n12)C(C)(CC)Cc1ccccc1-3. The number of thioether (sulfide) groups is 1. The van der Waals surface area contributed by atoms with Gasteiger partial charge in [-0.05, 0) is 30.1 Å². The van der Waals surface area contributed by atoms with Crippen LogP contribution in [0.3, 0.4) is 0 Å². The maximum absolute atomic E-state index is 13.8. The summed E-state index contributed by atoms with van der Waals surface area (Å²) in [6, 6.07) is 8.37. The number of benzene rings is 1. The lowest BCUT2D eigenvalue weighted by atomic mass is 9.69. The largest absolute Gasteiger partial charge is 0.268 e. The van der Waals surface area contributed by atoms with Gasteiger partial charge in [-0.2, -0.15) is 0 Å². The molecule has 0 saturated heterocycles. The number of hydrogen-bond donors (Lipinski definition) is 0. The second kappa shape index (κ2) is 7.07. The molecule has 0 spiro atoms. The fourth-order valence-corrected chi connectivity index (χ4v) is 4.90. The lowest BCUT2D eigenvalue weighted by molar-refractivity contribution is 0.439. The predicted octanol–water partition coefficient (Wildman–Crippen LogP) is 4.55. The van der Waals surface area contributed by atoms with Crippen LogP contribution in [-0.2, 0) is 18.4 Å². The second-order valence-electron chi connectivity index (χ2n) is 8.32. The monoisotopic (exact) mass is 396 g/mol. The Kier molecular flexibility index (Phi) is 4.86. The highest BCUT2D eigenvalue weighted by Crippen LogP contribution is 2.42. The molecule has 1 aliphatic carbocycles. The van der Waals surface area contributed by atoms with Crippen LogP contribution in [0.25, 0.3) is 17.0 Å². The summed E-state index contributed by atoms with van der Waals surface area (Å²) >= 11 is 1.60. The van der Waals surface area contributed by atoms with Crippen LogP contribution in [-0.4, -0.2) is 24.9 Å². The summed E-state index contributed by atoms with van der Waals surface area (Å²) in [5.74, 6) is 1.94. The average molecular weight is 397 g/mol. The number of aromatic nitrogens is 4. The van der Waals surface area contributed by atoms with Crippen LogP contribution in [0.5, 0.6) is 0 Å². The van der Waals surface area contributed by atoms with Gasteiger partial charge in [-0.15, -0.1) is 5.10 Å². The first kappa shape index (κ1) is 19.2. The topological polar surface area (TPSA) is 52.2 Å². The van der Waals surface area contributed by atoms with Gasteiger partial charge in [0.05, 0.1) is 11.3 Å². The van der Waals surface area contributed by atoms with Gasteiger partial charge in [0.15, 0.2) is 5.16 Å². The molecule has 0 fully saturated rings. The summed E-state index contributed by atoms with van der Waals surface area (Å²) in [6.07, 6.45) is 1.76. The minimum Gasteiger partial charge on any atom is -0.268 e. The van der Waals surface area contributed by atoms with Crippen LogP contribution in [0.15, 0.2) is 34.2 Å². The Bertz CT molecular complexity index is 1100. The third kappa shape index (κ3) is 2.89. The van der Waals surface area contributed by atoms with Gasteiger partial charge < -0.3 is 0 Å². The van der Waals surface area contributed by atoms with E-state index in [2.05, 4.69) is 52.8 Å². The number of nitrogens with zero attached hydrogens (tertiary/aromatic N) is 4. The first-order valence-electron chi connectivity index (χ1n) is 10.1. The van der Waals surface area contributed by atoms with Crippen molar-refractivity contribution in [1.29, 1.82) is 0 Å². The molecule has 3 aromatic rings. The summed E-state index contributed by atoms with van der Waals surface area (Å²) in [5.41, 5.74) is 3.87. The van der Waals surface area contributed by atoms with Crippen LogP contribution < -0.4 is 5.56 Å². The summed E-state index contributed by atoms with van der Waals surface area (Å²) in [6.45, 7) is 11.5. The van der Waals surface area contributed by atoms with Crippen molar-refractivity contribution in [3.63, 3.8) is 0 Å². The standard InChI is InChI=1S/C22H28N4OS/c1-6-22(5)12-15-10-8-9-11-16(15)18-17(22)19(27)26-20(23-18)25(13-14(3)4)24-21(26)28-7-2/h8-11,14H,6-7,12-13H2,1-5H3. The Morgan fingerprint density at radius 1 is 1.25 bits per heavy atom. The molecule has 28 heavy (non-hydrogen) atoms. The molecular weight excluding hydrogens is 368 g/mol. The van der Waals surface area contributed by atoms with Gasteiger partial charge in [0.25, 0.3) is 5.56 Å². The Morgan fingerprint density at radius 2 is 2.00 bits per heavy atom. The van der Waals surface area contributed by atoms with Crippen LogP contribution in [0.4, 0.5) is 0 Å². The van der Waals surface area contributed by atoms with E-state index in [1.807, 2.05) is 10.7 Å². The third-order valence-corrected chi connectivity index (χ3v) is 6.55. The second-order valence-corrected chi connectivity index (χ2v) is 9.55. The highest BCUT2D eigenvalue weighted by atomic mass is 32.2. The summed E-state index contributed by atoms with van der Waals surface area (Å²) < 4.78 is 3.65. The Hall–Kier alpha value is -2.08. The molecule has 1 aliphatic rings. The zero-order valence-corrected chi connectivity index (χ0v) is 18.1. The van der Waals surface area contributed by atoms with E-state index in [0.29, 0.717) is 11.7 Å². The minimum absolute atomic E-state index is 0.0461. The smallest absolute Gasteiger partial charge is 0.265 e. The van der Waals surface area contributed by atoms with Crippen LogP contribution in [0, 0.1) is 5.92 Å². The first-order valence-corrected chi connectivity index (χ1v) is 11.1. The molecule has 1 unspecified atom stereocenters. The molecule has 0 N–H and O–H groups in total. The third-order valence-electron chi connectivity index (χ3n) is 5.74. The van der Waals surface area contributed by atoms with Crippen molar-refractivity contribution in [3.05, 3.63) is 45.7 Å². The van der Waals surface area contributed by atoms with Gasteiger partial charge in [-0.3, -0.25) is 4.79 Å². The van der Waals surface area contributed by atoms with Gasteiger partial charge in [0.2, 0.25) is 5.78 Å². The minimum atomic E-state index is -0.219. The Labute approximate surface area is 170 Å². The molecule has 2 aromatic heterocycles. The zero-order chi connectivity index (χ0) is 20.1. The van der Waals surface area contributed by atoms with Crippen molar-refractivity contribution in [2.45, 2.75) is 64.6 Å². The lowest BCUT2D eigenvalue weighted by Gasteiger charge is -2.35. The van der Waals surface area contributed by atoms with Gasteiger partial charge in [-0.25, -0.2) is 14.1 Å². The molecule has 0 aliphatic heterocycles. The summed E-state index contributed by atoms with van der Waals surface area (Å²) in [5, 5.41) is 5.51. The van der Waals surface area contributed by atoms with Crippen LogP contribution in [0.2, 0.25) is 0 Å². The quantitative estimate of drug-likeness (QED) is 0.594. The molecule has 0 amide bonds. The molecule has 1 aromatic carbocycles. The highest BCUT2D eigenvalue weighted by molar-refractivity contribution is 7.99. The van der Waals surface area contributed by atoms with Gasteiger partial charge >= 0.3 is 0 Å². The van der Waals surface area contributed by atoms with E-state index in [0.717, 1.165) is 47.1 Å². The van der Waals surface area contributed by atoms with E-state index in [-0.39, 0.29) is 11.0 Å². The number of rotatable bonds is 5. The van der Waals surface area contributed by atoms with Gasteiger partial charge in [0.1, 0.15) is 0 Å². The van der Waals surface area contributed by atoms with E-state index in [9.17, 15) is 4.79 Å². The Morgan fingerprint density at radius 3 is 2.68 bits per heavy atom. The number of fused-ring (bicyclic) bond motifs is 4. The van der Waals surface area contributed by atoms with Crippen molar-refractivity contribution in [2.75, 3.05) is 5.75 Å². The molecule has 0 radical (unpaired) electrons. The summed E-state index contributed by atoms with van der Waals surface area (Å²) in [7, 11) is 0. The maximum atomic E-state index is 13.8. The molecule has 1 atom stereocenters. The molecular formula is C22H28N4OS. The van der Waals surface area contributed by atoms with Crippen molar-refractivity contribution < 1.29 is 0 Å². The predicted molar refractivity (Wildman–Crippen MR) is 115 cm³/mol. The van der Waals surface area contributed by atoms with E-state index in [1.165, 1.54) is 5.56 Å². The molecule has 4 rings (SSSR count). The molecule has 6 heteroatoms. The zero-order valence-electron chi connectivity index (χ0n) is 17.3. The molecule has 0 bridgehead atoms. The molecule has 5 nitrogen and oxygen atoms in total. The fourth-order valence-electron chi connectivity index (χ4n) is 4.19. The van der Waals surface area contributed by atoms with Crippen LogP contribution >= 0.6 is 11.8 Å². The van der Waals surface area contributed by atoms with E-state index in [1.54, 1.807) is 16.2 Å². The van der Waals surface area contributed by atoms with Crippen molar-refractivity contribution in [1.82, 2.24) is 19.2 Å². The van der Waals surface area contributed by atoms with Crippen molar-refractivity contribution in [2.24, 2.45) is 5.92 Å². The lowest BCUT2D eigenvalue weighted by Crippen LogP contribution is -2.38. The molecule has 2 heterocycles. The summed E-state index contributed by atoms with van der Waals surface area (Å²) in [4.78, 5) is 18.9. The van der Waals surface area contributed by atoms with Gasteiger partial charge in [0, 0.05) is 17.5 Å². The normalized spacial score (nSPS) is 18.5. The van der Waals surface area contributed by atoms with E-state index >= 15 is 0 Å². The molecule has 148 valence electrons. The fraction of sp³-hybridized carbons (Fsp3) is 0.500. The van der Waals surface area contributed by atoms with Crippen LogP contribution in [0.1, 0.15) is 52.2 Å². The van der Waals surface area contributed by atoms with E-state index in [4.69, 9.17) is 10.1 Å². The number of hydrogen-bond acceptors (Lipinski definition) is 4. The Balaban J connectivity index is 2.11. The highest BCUT2D eigenvalue weighted by Gasteiger charge is 2.38. The average Bonchev–Trinajstić information content (AvgIpc) is 2.99. The molecule has 0 saturated carbocycles. The maximum Gasteiger partial charge on any atom is 0.265 e. The van der Waals surface area contributed by atoms with Crippen molar-refractivity contribution >= 4 is 17.5 Å². The van der Waals surface area contributed by atoms with Crippen molar-refractivity contribution in [3.8, 4) is 11.3 Å². The first-order chi connectivity index (χ1) is 13.4. The van der Waals surface area contributed by atoms with Gasteiger partial charge in [-0.1, -0.05) is 70.6 Å². The van der Waals surface area contributed by atoms with E-state index < -0.39 is 0 Å².